The summed E-state index contributed by atoms with van der Waals surface area (Å²) in [4.78, 5) is 10.3. The Labute approximate surface area is 368 Å². The molecule has 63 heavy (non-hydrogen) atoms. The van der Waals surface area contributed by atoms with Gasteiger partial charge in [-0.15, -0.1) is 0 Å². The number of nitrogens with zero attached hydrogens (tertiary/aromatic N) is 3. The fraction of sp³-hybridized carbons (Fsp3) is 0.0333. The predicted octanol–water partition coefficient (Wildman–Crippen LogP) is 15.1. The molecule has 3 heteroatoms. The van der Waals surface area contributed by atoms with Gasteiger partial charge in [0.1, 0.15) is 0 Å². The van der Waals surface area contributed by atoms with Gasteiger partial charge in [0.25, 0.3) is 0 Å². The van der Waals surface area contributed by atoms with Gasteiger partial charge >= 0.3 is 0 Å². The van der Waals surface area contributed by atoms with Crippen LogP contribution in [0.4, 0.5) is 0 Å². The second kappa shape index (κ2) is 15.7. The van der Waals surface area contributed by atoms with Crippen molar-refractivity contribution in [2.24, 2.45) is 0 Å². The summed E-state index contributed by atoms with van der Waals surface area (Å²) in [5.74, 6) is 0.692. The highest BCUT2D eigenvalue weighted by molar-refractivity contribution is 6.00. The smallest absolute Gasteiger partial charge is 0.160 e. The van der Waals surface area contributed by atoms with Gasteiger partial charge in [0, 0.05) is 27.6 Å². The molecule has 3 nitrogen and oxygen atoms in total. The highest BCUT2D eigenvalue weighted by Crippen LogP contribution is 2.54. The summed E-state index contributed by atoms with van der Waals surface area (Å²) in [5, 5.41) is 1.22. The number of para-hydroxylation sites is 2. The van der Waals surface area contributed by atoms with E-state index in [9.17, 15) is 0 Å². The summed E-state index contributed by atoms with van der Waals surface area (Å²) in [6.07, 6.45) is 6.34. The summed E-state index contributed by atoms with van der Waals surface area (Å²) < 4.78 is 2.42. The van der Waals surface area contributed by atoms with Crippen LogP contribution in [0.3, 0.4) is 0 Å². The van der Waals surface area contributed by atoms with Gasteiger partial charge in [-0.05, 0) is 69.6 Å². The molecule has 0 bridgehead atoms. The molecule has 11 rings (SSSR count). The first kappa shape index (κ1) is 37.8. The van der Waals surface area contributed by atoms with Crippen LogP contribution in [0.5, 0.6) is 0 Å². The van der Waals surface area contributed by atoms with Gasteiger partial charge < -0.3 is 4.57 Å². The van der Waals surface area contributed by atoms with E-state index in [1.807, 2.05) is 18.2 Å². The number of aromatic nitrogens is 3. The van der Waals surface area contributed by atoms with E-state index in [1.165, 1.54) is 55.5 Å². The van der Waals surface area contributed by atoms with E-state index in [-0.39, 0.29) is 0 Å². The Morgan fingerprint density at radius 3 is 1.56 bits per heavy atom. The molecule has 10 aromatic rings. The van der Waals surface area contributed by atoms with Gasteiger partial charge in [-0.25, -0.2) is 9.97 Å². The fourth-order valence-electron chi connectivity index (χ4n) is 9.75. The highest BCUT2D eigenvalue weighted by atomic mass is 15.0. The van der Waals surface area contributed by atoms with Crippen molar-refractivity contribution in [1.29, 1.82) is 0 Å². The van der Waals surface area contributed by atoms with Crippen LogP contribution >= 0.6 is 0 Å². The van der Waals surface area contributed by atoms with Gasteiger partial charge in [-0.2, -0.15) is 0 Å². The minimum absolute atomic E-state index is 0.569. The molecular formula is C60H43N3. The lowest BCUT2D eigenvalue weighted by Crippen LogP contribution is -2.35. The van der Waals surface area contributed by atoms with Crippen LogP contribution in [0.25, 0.3) is 84.9 Å². The molecule has 0 saturated heterocycles. The first-order chi connectivity index (χ1) is 31.1. The van der Waals surface area contributed by atoms with E-state index in [2.05, 4.69) is 230 Å². The first-order valence-corrected chi connectivity index (χ1v) is 21.6. The lowest BCUT2D eigenvalue weighted by molar-refractivity contribution is 0.724. The first-order valence-electron chi connectivity index (χ1n) is 21.6. The number of allylic oxidation sites excluding steroid dienone is 1. The molecule has 0 amide bonds. The fourth-order valence-corrected chi connectivity index (χ4v) is 9.75. The van der Waals surface area contributed by atoms with Crippen molar-refractivity contribution in [2.75, 3.05) is 0 Å². The topological polar surface area (TPSA) is 30.7 Å². The summed E-state index contributed by atoms with van der Waals surface area (Å²) in [7, 11) is 0. The maximum Gasteiger partial charge on any atom is 0.160 e. The molecule has 0 saturated carbocycles. The Balaban J connectivity index is 0.996. The maximum absolute atomic E-state index is 5.16. The molecule has 1 aliphatic rings. The van der Waals surface area contributed by atoms with Crippen molar-refractivity contribution in [1.82, 2.24) is 14.5 Å². The number of rotatable bonds is 9. The van der Waals surface area contributed by atoms with Crippen molar-refractivity contribution in [3.63, 3.8) is 0 Å². The zero-order valence-electron chi connectivity index (χ0n) is 35.0. The van der Waals surface area contributed by atoms with Crippen molar-refractivity contribution in [3.05, 3.63) is 258 Å². The minimum atomic E-state index is -0.569. The molecule has 1 unspecified atom stereocenters. The second-order valence-corrected chi connectivity index (χ2v) is 16.1. The van der Waals surface area contributed by atoms with E-state index in [1.54, 1.807) is 0 Å². The normalized spacial score (nSPS) is 14.2. The van der Waals surface area contributed by atoms with E-state index >= 15 is 0 Å². The Morgan fingerprint density at radius 1 is 0.460 bits per heavy atom. The van der Waals surface area contributed by atoms with Crippen LogP contribution in [0.2, 0.25) is 0 Å². The molecular weight excluding hydrogens is 763 g/mol. The molecule has 0 fully saturated rings. The summed E-state index contributed by atoms with van der Waals surface area (Å²) in [6, 6.07) is 76.1. The third-order valence-electron chi connectivity index (χ3n) is 12.6. The second-order valence-electron chi connectivity index (χ2n) is 16.1. The highest BCUT2D eigenvalue weighted by Gasteiger charge is 2.45. The molecule has 1 aliphatic heterocycles. The third-order valence-corrected chi connectivity index (χ3v) is 12.6. The van der Waals surface area contributed by atoms with E-state index in [4.69, 9.17) is 9.97 Å². The van der Waals surface area contributed by atoms with Gasteiger partial charge in [0.15, 0.2) is 5.82 Å². The third kappa shape index (κ3) is 6.28. The molecule has 1 atom stereocenters. The maximum atomic E-state index is 5.16. The lowest BCUT2D eigenvalue weighted by Gasteiger charge is -2.42. The summed E-state index contributed by atoms with van der Waals surface area (Å²) in [5.41, 5.74) is 18.5. The van der Waals surface area contributed by atoms with Crippen LogP contribution in [-0.4, -0.2) is 14.5 Å². The Morgan fingerprint density at radius 2 is 0.937 bits per heavy atom. The van der Waals surface area contributed by atoms with Crippen molar-refractivity contribution < 1.29 is 0 Å². The molecule has 298 valence electrons. The predicted molar refractivity (Wildman–Crippen MR) is 263 cm³/mol. The SMILES string of the molecule is C=Cc1c(/C=C\C)c2cccc3c2n1-c1ccccc1C3(c1ccccc1)c1ccc(-c2ccc(-c3nc(-c4ccccc4)cc(-c4ccc(-c5ccccc5)cc4)n3)cc2)cc1. The van der Waals surface area contributed by atoms with Crippen LogP contribution < -0.4 is 0 Å². The van der Waals surface area contributed by atoms with Crippen molar-refractivity contribution in [2.45, 2.75) is 12.3 Å². The van der Waals surface area contributed by atoms with Crippen LogP contribution in [0, 0.1) is 0 Å². The summed E-state index contributed by atoms with van der Waals surface area (Å²) >= 11 is 0. The molecule has 8 aromatic carbocycles. The van der Waals surface area contributed by atoms with E-state index < -0.39 is 5.41 Å². The van der Waals surface area contributed by atoms with Crippen LogP contribution in [0.1, 0.15) is 40.4 Å². The van der Waals surface area contributed by atoms with Gasteiger partial charge in [-0.1, -0.05) is 219 Å². The Hall–Kier alpha value is -8.14. The molecule has 0 radical (unpaired) electrons. The molecule has 0 spiro atoms. The standard InChI is InChI=1S/C60H43N3/c1-3-17-50-51-24-16-26-53-58(51)63(56(50)4-2)57-27-15-14-25-52(57)60(53,48-22-12-7-13-23-48)49-38-36-44(37-39-49)43-30-34-47(35-31-43)59-61-54(45-20-10-6-11-21-45)40-55(62-59)46-32-28-42(29-33-46)41-18-8-5-9-19-41/h3-40H,2H2,1H3/b17-3-. The van der Waals surface area contributed by atoms with Gasteiger partial charge in [0.2, 0.25) is 0 Å². The van der Waals surface area contributed by atoms with Crippen molar-refractivity contribution >= 4 is 23.1 Å². The minimum Gasteiger partial charge on any atom is -0.309 e. The summed E-state index contributed by atoms with van der Waals surface area (Å²) in [6.45, 7) is 6.38. The zero-order valence-corrected chi connectivity index (χ0v) is 35.0. The number of hydrogen-bond acceptors (Lipinski definition) is 2. The number of fused-ring (bicyclic) bond motifs is 2. The van der Waals surface area contributed by atoms with Crippen molar-refractivity contribution in [3.8, 4) is 61.8 Å². The largest absolute Gasteiger partial charge is 0.309 e. The zero-order chi connectivity index (χ0) is 42.3. The quantitative estimate of drug-likeness (QED) is 0.145. The van der Waals surface area contributed by atoms with Gasteiger partial charge in [0.05, 0.1) is 33.7 Å². The monoisotopic (exact) mass is 805 g/mol. The van der Waals surface area contributed by atoms with E-state index in [0.29, 0.717) is 5.82 Å². The number of hydrogen-bond donors (Lipinski definition) is 0. The van der Waals surface area contributed by atoms with Gasteiger partial charge in [-0.3, -0.25) is 0 Å². The van der Waals surface area contributed by atoms with Crippen LogP contribution in [0.15, 0.2) is 225 Å². The number of benzene rings is 8. The molecule has 2 aromatic heterocycles. The van der Waals surface area contributed by atoms with Crippen LogP contribution in [-0.2, 0) is 5.41 Å². The Bertz CT molecular complexity index is 3310. The molecule has 0 N–H and O–H groups in total. The van der Waals surface area contributed by atoms with E-state index in [0.717, 1.165) is 44.9 Å². The Kier molecular flexibility index (Phi) is 9.44. The average Bonchev–Trinajstić information content (AvgIpc) is 3.69. The lowest BCUT2D eigenvalue weighted by atomic mass is 9.63. The molecule has 3 heterocycles. The average molecular weight is 806 g/mol. The molecule has 0 aliphatic carbocycles.